The smallest absolute Gasteiger partial charge is 0.316 e. The van der Waals surface area contributed by atoms with Crippen LogP contribution in [0.15, 0.2) is 63.9 Å². The van der Waals surface area contributed by atoms with Gasteiger partial charge in [-0.25, -0.2) is 0 Å². The first-order valence-electron chi connectivity index (χ1n) is 7.60. The molecule has 0 atom stereocenters. The summed E-state index contributed by atoms with van der Waals surface area (Å²) in [5, 5.41) is 1.53. The van der Waals surface area contributed by atoms with Crippen molar-refractivity contribution in [3.8, 4) is 11.3 Å². The van der Waals surface area contributed by atoms with Crippen LogP contribution in [-0.2, 0) is 16.1 Å². The van der Waals surface area contributed by atoms with Crippen molar-refractivity contribution >= 4 is 52.5 Å². The predicted octanol–water partition coefficient (Wildman–Crippen LogP) is 6.74. The van der Waals surface area contributed by atoms with E-state index in [2.05, 4.69) is 0 Å². The molecule has 0 radical (unpaired) electrons. The van der Waals surface area contributed by atoms with Gasteiger partial charge in [0.05, 0.1) is 15.8 Å². The topological polar surface area (TPSA) is 39.4 Å². The molecule has 0 fully saturated rings. The van der Waals surface area contributed by atoms with Crippen LogP contribution in [0.1, 0.15) is 5.76 Å². The maximum atomic E-state index is 11.9. The average Bonchev–Trinajstić information content (AvgIpc) is 3.10. The lowest BCUT2D eigenvalue weighted by Gasteiger charge is -2.04. The van der Waals surface area contributed by atoms with Gasteiger partial charge in [0.25, 0.3) is 0 Å². The lowest BCUT2D eigenvalue weighted by atomic mass is 10.2. The van der Waals surface area contributed by atoms with Crippen LogP contribution in [0.2, 0.25) is 15.1 Å². The Morgan fingerprint density at radius 1 is 1.00 bits per heavy atom. The maximum absolute atomic E-state index is 11.9. The zero-order valence-corrected chi connectivity index (χ0v) is 16.5. The molecule has 2 aromatic carbocycles. The zero-order chi connectivity index (χ0) is 18.5. The van der Waals surface area contributed by atoms with E-state index in [1.807, 2.05) is 18.2 Å². The highest BCUT2D eigenvalue weighted by Gasteiger charge is 2.12. The van der Waals surface area contributed by atoms with Crippen LogP contribution in [0, 0.1) is 0 Å². The Bertz CT molecular complexity index is 907. The molecule has 134 valence electrons. The summed E-state index contributed by atoms with van der Waals surface area (Å²) < 4.78 is 10.9. The van der Waals surface area contributed by atoms with Crippen LogP contribution in [-0.4, -0.2) is 11.7 Å². The zero-order valence-electron chi connectivity index (χ0n) is 13.4. The first-order valence-corrected chi connectivity index (χ1v) is 9.72. The second kappa shape index (κ2) is 8.87. The third kappa shape index (κ3) is 4.98. The van der Waals surface area contributed by atoms with Crippen molar-refractivity contribution in [3.05, 3.63) is 75.4 Å². The summed E-state index contributed by atoms with van der Waals surface area (Å²) in [7, 11) is 0. The summed E-state index contributed by atoms with van der Waals surface area (Å²) >= 11 is 19.4. The molecule has 0 aliphatic rings. The molecule has 1 aromatic heterocycles. The summed E-state index contributed by atoms with van der Waals surface area (Å²) in [6.45, 7) is 0.0538. The highest BCUT2D eigenvalue weighted by molar-refractivity contribution is 8.00. The highest BCUT2D eigenvalue weighted by Crippen LogP contribution is 2.34. The Morgan fingerprint density at radius 3 is 2.54 bits per heavy atom. The average molecular weight is 428 g/mol. The summed E-state index contributed by atoms with van der Waals surface area (Å²) in [5.74, 6) is 0.971. The molecule has 0 aliphatic carbocycles. The molecule has 1 heterocycles. The molecule has 0 unspecified atom stereocenters. The first-order chi connectivity index (χ1) is 12.5. The number of rotatable bonds is 6. The van der Waals surface area contributed by atoms with Gasteiger partial charge in [0.1, 0.15) is 18.1 Å². The quantitative estimate of drug-likeness (QED) is 0.322. The minimum Gasteiger partial charge on any atom is -0.457 e. The molecule has 3 nitrogen and oxygen atoms in total. The van der Waals surface area contributed by atoms with Gasteiger partial charge in [0.15, 0.2) is 0 Å². The van der Waals surface area contributed by atoms with E-state index in [9.17, 15) is 4.79 Å². The molecule has 26 heavy (non-hydrogen) atoms. The maximum Gasteiger partial charge on any atom is 0.316 e. The van der Waals surface area contributed by atoms with Crippen LogP contribution >= 0.6 is 46.6 Å². The van der Waals surface area contributed by atoms with E-state index in [1.54, 1.807) is 36.4 Å². The van der Waals surface area contributed by atoms with Gasteiger partial charge in [-0.2, -0.15) is 0 Å². The molecule has 0 saturated carbocycles. The van der Waals surface area contributed by atoms with Gasteiger partial charge in [0.2, 0.25) is 0 Å². The van der Waals surface area contributed by atoms with Crippen molar-refractivity contribution in [1.29, 1.82) is 0 Å². The van der Waals surface area contributed by atoms with Crippen molar-refractivity contribution in [1.82, 2.24) is 0 Å². The lowest BCUT2D eigenvalue weighted by Crippen LogP contribution is -2.06. The van der Waals surface area contributed by atoms with Gasteiger partial charge in [-0.1, -0.05) is 40.9 Å². The summed E-state index contributed by atoms with van der Waals surface area (Å²) in [6, 6.07) is 16.1. The number of benzene rings is 2. The number of hydrogen-bond acceptors (Lipinski definition) is 4. The standard InChI is InChI=1S/C19H13Cl3O3S/c20-12-4-7-14(8-5-12)26-11-18(23)24-10-13-6-9-17(25-13)15-2-1-3-16(21)19(15)22/h1-9H,10-11H2. The number of esters is 1. The Morgan fingerprint density at radius 2 is 1.77 bits per heavy atom. The third-order valence-electron chi connectivity index (χ3n) is 3.42. The summed E-state index contributed by atoms with van der Waals surface area (Å²) in [5.41, 5.74) is 0.690. The van der Waals surface area contributed by atoms with E-state index < -0.39 is 0 Å². The van der Waals surface area contributed by atoms with Gasteiger partial charge in [-0.3, -0.25) is 4.79 Å². The van der Waals surface area contributed by atoms with Gasteiger partial charge >= 0.3 is 5.97 Å². The molecule has 0 saturated heterocycles. The van der Waals surface area contributed by atoms with Crippen LogP contribution in [0.25, 0.3) is 11.3 Å². The Labute approximate surface area is 170 Å². The van der Waals surface area contributed by atoms with Gasteiger partial charge in [0, 0.05) is 15.5 Å². The molecule has 0 N–H and O–H groups in total. The van der Waals surface area contributed by atoms with E-state index >= 15 is 0 Å². The molecule has 3 aromatic rings. The highest BCUT2D eigenvalue weighted by atomic mass is 35.5. The van der Waals surface area contributed by atoms with Crippen molar-refractivity contribution in [2.24, 2.45) is 0 Å². The SMILES string of the molecule is O=C(CSc1ccc(Cl)cc1)OCc1ccc(-c2cccc(Cl)c2Cl)o1. The fraction of sp³-hybridized carbons (Fsp3) is 0.105. The molecule has 0 bridgehead atoms. The molecule has 7 heteroatoms. The molecule has 3 rings (SSSR count). The minimum atomic E-state index is -0.330. The number of hydrogen-bond donors (Lipinski definition) is 0. The largest absolute Gasteiger partial charge is 0.457 e. The molecule has 0 spiro atoms. The van der Waals surface area contributed by atoms with Gasteiger partial charge in [-0.15, -0.1) is 11.8 Å². The first kappa shape index (κ1) is 19.2. The van der Waals surface area contributed by atoms with Gasteiger partial charge < -0.3 is 9.15 Å². The number of thioether (sulfide) groups is 1. The number of halogens is 3. The number of carbonyl (C=O) groups excluding carboxylic acids is 1. The van der Waals surface area contributed by atoms with Crippen LogP contribution in [0.4, 0.5) is 0 Å². The van der Waals surface area contributed by atoms with E-state index in [0.29, 0.717) is 32.2 Å². The number of carbonyl (C=O) groups is 1. The van der Waals surface area contributed by atoms with E-state index in [0.717, 1.165) is 4.90 Å². The second-order valence-electron chi connectivity index (χ2n) is 5.27. The van der Waals surface area contributed by atoms with Crippen molar-refractivity contribution < 1.29 is 13.9 Å². The Hall–Kier alpha value is -1.59. The third-order valence-corrected chi connectivity index (χ3v) is 5.48. The fourth-order valence-electron chi connectivity index (χ4n) is 2.16. The van der Waals surface area contributed by atoms with Crippen LogP contribution in [0.3, 0.4) is 0 Å². The van der Waals surface area contributed by atoms with Crippen LogP contribution in [0.5, 0.6) is 0 Å². The minimum absolute atomic E-state index is 0.0538. The van der Waals surface area contributed by atoms with E-state index in [1.165, 1.54) is 11.8 Å². The van der Waals surface area contributed by atoms with Crippen LogP contribution < -0.4 is 0 Å². The molecule has 0 aliphatic heterocycles. The van der Waals surface area contributed by atoms with E-state index in [4.69, 9.17) is 44.0 Å². The second-order valence-corrected chi connectivity index (χ2v) is 7.54. The monoisotopic (exact) mass is 426 g/mol. The fourth-order valence-corrected chi connectivity index (χ4v) is 3.38. The van der Waals surface area contributed by atoms with Gasteiger partial charge in [-0.05, 0) is 48.5 Å². The normalized spacial score (nSPS) is 10.7. The number of ether oxygens (including phenoxy) is 1. The predicted molar refractivity (Wildman–Crippen MR) is 106 cm³/mol. The van der Waals surface area contributed by atoms with E-state index in [-0.39, 0.29) is 18.3 Å². The van der Waals surface area contributed by atoms with Crippen molar-refractivity contribution in [2.45, 2.75) is 11.5 Å². The molecular formula is C19H13Cl3O3S. The Kier molecular flexibility index (Phi) is 6.54. The molecule has 0 amide bonds. The summed E-state index contributed by atoms with van der Waals surface area (Å²) in [4.78, 5) is 12.8. The summed E-state index contributed by atoms with van der Waals surface area (Å²) in [6.07, 6.45) is 0. The number of furan rings is 1. The Balaban J connectivity index is 1.53. The van der Waals surface area contributed by atoms with Crippen molar-refractivity contribution in [2.75, 3.05) is 5.75 Å². The molecular weight excluding hydrogens is 415 g/mol. The lowest BCUT2D eigenvalue weighted by molar-refractivity contribution is -0.142. The van der Waals surface area contributed by atoms with Crippen molar-refractivity contribution in [3.63, 3.8) is 0 Å².